The second-order valence-corrected chi connectivity index (χ2v) is 5.04. The summed E-state index contributed by atoms with van der Waals surface area (Å²) < 4.78 is 13.6. The van der Waals surface area contributed by atoms with Crippen LogP contribution in [0.2, 0.25) is 0 Å². The molecule has 6 nitrogen and oxygen atoms in total. The van der Waals surface area contributed by atoms with Gasteiger partial charge in [0.15, 0.2) is 0 Å². The molecule has 0 atom stereocenters. The van der Waals surface area contributed by atoms with Gasteiger partial charge in [-0.05, 0) is 18.2 Å². The SMILES string of the molecule is O=C(NCCc1nccs1)Nc1ccc(C(=O)O)cc1F. The van der Waals surface area contributed by atoms with Gasteiger partial charge in [0.05, 0.1) is 16.3 Å². The van der Waals surface area contributed by atoms with Crippen LogP contribution in [-0.2, 0) is 6.42 Å². The van der Waals surface area contributed by atoms with Gasteiger partial charge in [-0.2, -0.15) is 0 Å². The number of anilines is 1. The van der Waals surface area contributed by atoms with Crippen LogP contribution in [0.4, 0.5) is 14.9 Å². The molecule has 2 aromatic rings. The summed E-state index contributed by atoms with van der Waals surface area (Å²) in [5, 5.41) is 16.3. The summed E-state index contributed by atoms with van der Waals surface area (Å²) in [5.41, 5.74) is -0.256. The Balaban J connectivity index is 1.86. The molecule has 0 fully saturated rings. The topological polar surface area (TPSA) is 91.3 Å². The average molecular weight is 309 g/mol. The normalized spacial score (nSPS) is 10.1. The van der Waals surface area contributed by atoms with Gasteiger partial charge in [-0.25, -0.2) is 19.0 Å². The Morgan fingerprint density at radius 1 is 1.38 bits per heavy atom. The number of carboxylic acid groups (broad SMARTS) is 1. The Kier molecular flexibility index (Phi) is 4.83. The maximum absolute atomic E-state index is 13.6. The van der Waals surface area contributed by atoms with E-state index in [0.717, 1.165) is 11.1 Å². The van der Waals surface area contributed by atoms with Crippen molar-refractivity contribution in [2.75, 3.05) is 11.9 Å². The van der Waals surface area contributed by atoms with Crippen molar-refractivity contribution in [3.63, 3.8) is 0 Å². The third kappa shape index (κ3) is 4.25. The molecule has 3 N–H and O–H groups in total. The second kappa shape index (κ2) is 6.80. The van der Waals surface area contributed by atoms with Crippen molar-refractivity contribution in [2.24, 2.45) is 0 Å². The number of aromatic carboxylic acids is 1. The maximum Gasteiger partial charge on any atom is 0.335 e. The molecule has 0 bridgehead atoms. The lowest BCUT2D eigenvalue weighted by atomic mass is 10.2. The lowest BCUT2D eigenvalue weighted by Crippen LogP contribution is -2.30. The van der Waals surface area contributed by atoms with E-state index in [1.54, 1.807) is 6.20 Å². The summed E-state index contributed by atoms with van der Waals surface area (Å²) in [7, 11) is 0. The smallest absolute Gasteiger partial charge is 0.335 e. The molecule has 0 spiro atoms. The molecule has 2 rings (SSSR count). The average Bonchev–Trinajstić information content (AvgIpc) is 2.94. The molecule has 0 saturated heterocycles. The molecule has 0 unspecified atom stereocenters. The van der Waals surface area contributed by atoms with E-state index in [0.29, 0.717) is 13.0 Å². The number of rotatable bonds is 5. The van der Waals surface area contributed by atoms with Crippen LogP contribution in [0.15, 0.2) is 29.8 Å². The molecule has 2 amide bonds. The molecule has 0 aliphatic rings. The lowest BCUT2D eigenvalue weighted by Gasteiger charge is -2.08. The molecule has 1 heterocycles. The molecule has 1 aromatic heterocycles. The zero-order valence-corrected chi connectivity index (χ0v) is 11.6. The first-order chi connectivity index (χ1) is 10.1. The van der Waals surface area contributed by atoms with Crippen molar-refractivity contribution >= 4 is 29.0 Å². The van der Waals surface area contributed by atoms with E-state index in [9.17, 15) is 14.0 Å². The highest BCUT2D eigenvalue weighted by Gasteiger charge is 2.10. The van der Waals surface area contributed by atoms with Crippen molar-refractivity contribution in [3.8, 4) is 0 Å². The van der Waals surface area contributed by atoms with Crippen LogP contribution in [-0.4, -0.2) is 28.6 Å². The number of carboxylic acids is 1. The number of thiazole rings is 1. The van der Waals surface area contributed by atoms with E-state index in [4.69, 9.17) is 5.11 Å². The zero-order valence-electron chi connectivity index (χ0n) is 10.8. The molecule has 110 valence electrons. The van der Waals surface area contributed by atoms with Crippen molar-refractivity contribution < 1.29 is 19.1 Å². The summed E-state index contributed by atoms with van der Waals surface area (Å²) in [6, 6.07) is 2.72. The number of halogens is 1. The van der Waals surface area contributed by atoms with Crippen LogP contribution in [0.1, 0.15) is 15.4 Å². The summed E-state index contributed by atoms with van der Waals surface area (Å²) in [6.45, 7) is 0.369. The standard InChI is InChI=1S/C13H12FN3O3S/c14-9-7-8(12(18)19)1-2-10(9)17-13(20)16-4-3-11-15-5-6-21-11/h1-2,5-7H,3-4H2,(H,18,19)(H2,16,17,20). The summed E-state index contributed by atoms with van der Waals surface area (Å²) >= 11 is 1.49. The summed E-state index contributed by atoms with van der Waals surface area (Å²) in [4.78, 5) is 26.3. The van der Waals surface area contributed by atoms with E-state index in [1.807, 2.05) is 5.38 Å². The van der Waals surface area contributed by atoms with Gasteiger partial charge < -0.3 is 15.7 Å². The van der Waals surface area contributed by atoms with E-state index in [2.05, 4.69) is 15.6 Å². The van der Waals surface area contributed by atoms with E-state index >= 15 is 0 Å². The molecule has 0 radical (unpaired) electrons. The van der Waals surface area contributed by atoms with Crippen LogP contribution in [0.5, 0.6) is 0 Å². The molecule has 0 saturated carbocycles. The first-order valence-corrected chi connectivity index (χ1v) is 6.90. The highest BCUT2D eigenvalue weighted by Crippen LogP contribution is 2.15. The van der Waals surface area contributed by atoms with E-state index < -0.39 is 17.8 Å². The molecular weight excluding hydrogens is 297 g/mol. The highest BCUT2D eigenvalue weighted by molar-refractivity contribution is 7.09. The van der Waals surface area contributed by atoms with E-state index in [1.165, 1.54) is 23.5 Å². The predicted molar refractivity (Wildman–Crippen MR) is 76.2 cm³/mol. The molecule has 0 aliphatic heterocycles. The van der Waals surface area contributed by atoms with Crippen LogP contribution in [0.25, 0.3) is 0 Å². The Hall–Kier alpha value is -2.48. The minimum absolute atomic E-state index is 0.0771. The van der Waals surface area contributed by atoms with Crippen LogP contribution < -0.4 is 10.6 Å². The van der Waals surface area contributed by atoms with Gasteiger partial charge in [-0.3, -0.25) is 0 Å². The monoisotopic (exact) mass is 309 g/mol. The number of hydrogen-bond acceptors (Lipinski definition) is 4. The number of carbonyl (C=O) groups is 2. The Morgan fingerprint density at radius 3 is 2.81 bits per heavy atom. The first-order valence-electron chi connectivity index (χ1n) is 6.02. The summed E-state index contributed by atoms with van der Waals surface area (Å²) in [6.07, 6.45) is 2.27. The fraction of sp³-hybridized carbons (Fsp3) is 0.154. The fourth-order valence-electron chi connectivity index (χ4n) is 1.58. The first kappa shape index (κ1) is 14.9. The maximum atomic E-state index is 13.6. The number of nitrogens with zero attached hydrogens (tertiary/aromatic N) is 1. The predicted octanol–water partition coefficient (Wildman–Crippen LogP) is 2.34. The Morgan fingerprint density at radius 2 is 2.19 bits per heavy atom. The Labute approximate surface area is 123 Å². The number of carbonyl (C=O) groups excluding carboxylic acids is 1. The number of hydrogen-bond donors (Lipinski definition) is 3. The largest absolute Gasteiger partial charge is 0.478 e. The Bertz CT molecular complexity index is 646. The second-order valence-electron chi connectivity index (χ2n) is 4.06. The molecule has 8 heteroatoms. The summed E-state index contributed by atoms with van der Waals surface area (Å²) in [5.74, 6) is -2.03. The number of benzene rings is 1. The van der Waals surface area contributed by atoms with Gasteiger partial charge in [0, 0.05) is 24.5 Å². The number of nitrogens with one attached hydrogen (secondary N) is 2. The minimum atomic E-state index is -1.23. The van der Waals surface area contributed by atoms with Gasteiger partial charge in [0.25, 0.3) is 0 Å². The molecule has 21 heavy (non-hydrogen) atoms. The van der Waals surface area contributed by atoms with E-state index in [-0.39, 0.29) is 11.3 Å². The van der Waals surface area contributed by atoms with Gasteiger partial charge in [0.2, 0.25) is 0 Å². The zero-order chi connectivity index (χ0) is 15.2. The van der Waals surface area contributed by atoms with Gasteiger partial charge in [-0.1, -0.05) is 0 Å². The molecule has 1 aromatic carbocycles. The molecule has 0 aliphatic carbocycles. The number of urea groups is 1. The van der Waals surface area contributed by atoms with Crippen molar-refractivity contribution in [1.29, 1.82) is 0 Å². The number of amides is 2. The third-order valence-electron chi connectivity index (χ3n) is 2.57. The van der Waals surface area contributed by atoms with Crippen LogP contribution in [0, 0.1) is 5.82 Å². The number of aromatic nitrogens is 1. The van der Waals surface area contributed by atoms with Crippen LogP contribution >= 0.6 is 11.3 Å². The van der Waals surface area contributed by atoms with Crippen molar-refractivity contribution in [2.45, 2.75) is 6.42 Å². The van der Waals surface area contributed by atoms with Gasteiger partial charge in [0.1, 0.15) is 5.82 Å². The quantitative estimate of drug-likeness (QED) is 0.790. The van der Waals surface area contributed by atoms with Crippen molar-refractivity contribution in [3.05, 3.63) is 46.2 Å². The van der Waals surface area contributed by atoms with Gasteiger partial charge in [-0.15, -0.1) is 11.3 Å². The van der Waals surface area contributed by atoms with Gasteiger partial charge >= 0.3 is 12.0 Å². The minimum Gasteiger partial charge on any atom is -0.478 e. The van der Waals surface area contributed by atoms with Crippen molar-refractivity contribution in [1.82, 2.24) is 10.3 Å². The molecular formula is C13H12FN3O3S. The highest BCUT2D eigenvalue weighted by atomic mass is 32.1. The fourth-order valence-corrected chi connectivity index (χ4v) is 2.20. The van der Waals surface area contributed by atoms with Crippen LogP contribution in [0.3, 0.4) is 0 Å². The third-order valence-corrected chi connectivity index (χ3v) is 3.41. The lowest BCUT2D eigenvalue weighted by molar-refractivity contribution is 0.0696.